The van der Waals surface area contributed by atoms with E-state index >= 15 is 0 Å². The minimum Gasteiger partial charge on any atom is -0.488 e. The zero-order valence-corrected chi connectivity index (χ0v) is 45.8. The van der Waals surface area contributed by atoms with Gasteiger partial charge in [-0.1, -0.05) is 0 Å². The topological polar surface area (TPSA) is 513 Å². The summed E-state index contributed by atoms with van der Waals surface area (Å²) in [6.45, 7) is -3.55. The fourth-order valence-corrected chi connectivity index (χ4v) is 8.38. The summed E-state index contributed by atoms with van der Waals surface area (Å²) in [7, 11) is -3.70. The third-order valence-electron chi connectivity index (χ3n) is 12.1. The Hall–Kier alpha value is -5.38. The van der Waals surface area contributed by atoms with E-state index in [1.807, 2.05) is 0 Å². The highest BCUT2D eigenvalue weighted by Gasteiger charge is 2.48. The lowest BCUT2D eigenvalue weighted by Gasteiger charge is -2.42. The number of amides is 6. The number of phosphoric ester groups is 1. The van der Waals surface area contributed by atoms with Crippen molar-refractivity contribution >= 4 is 49.0 Å². The van der Waals surface area contributed by atoms with E-state index in [-0.39, 0.29) is 55.4 Å². The molecule has 466 valence electrons. The normalized spacial score (nSPS) is 28.8. The Morgan fingerprint density at radius 3 is 1.32 bits per heavy atom. The van der Waals surface area contributed by atoms with Crippen LogP contribution < -0.4 is 46.1 Å². The quantitative estimate of drug-likeness (QED) is 0.0177. The number of hydrogen-bond acceptors (Lipinski definition) is 28. The average Bonchev–Trinajstić information content (AvgIpc) is 3.56. The van der Waals surface area contributed by atoms with Crippen molar-refractivity contribution in [3.63, 3.8) is 0 Å². The number of carbonyl (C=O) groups excluding carboxylic acids is 7. The van der Waals surface area contributed by atoms with Crippen molar-refractivity contribution in [3.8, 4) is 17.2 Å². The third-order valence-corrected chi connectivity index (χ3v) is 13.0. The van der Waals surface area contributed by atoms with Gasteiger partial charge in [0.15, 0.2) is 36.2 Å². The molecule has 3 heterocycles. The van der Waals surface area contributed by atoms with Gasteiger partial charge >= 0.3 is 7.82 Å². The minimum atomic E-state index is -4.58. The van der Waals surface area contributed by atoms with Crippen LogP contribution in [0.15, 0.2) is 12.1 Å². The second-order valence-electron chi connectivity index (χ2n) is 18.4. The highest BCUT2D eigenvalue weighted by Crippen LogP contribution is 2.42. The zero-order valence-electron chi connectivity index (χ0n) is 44.9. The molecule has 0 radical (unpaired) electrons. The van der Waals surface area contributed by atoms with Gasteiger partial charge in [-0.25, -0.2) is 4.57 Å². The summed E-state index contributed by atoms with van der Waals surface area (Å²) in [4.78, 5) is 97.6. The van der Waals surface area contributed by atoms with E-state index in [4.69, 9.17) is 47.2 Å². The van der Waals surface area contributed by atoms with E-state index in [0.717, 1.165) is 40.0 Å². The first-order valence-electron chi connectivity index (χ1n) is 25.3. The Bertz CT molecular complexity index is 2230. The molecule has 16 atom stereocenters. The molecule has 0 aromatic heterocycles. The molecule has 1 aromatic carbocycles. The standard InChI is InChI=1S/C46H73N6O29P/c1-21(56)50-33-39(65)36(62)28(14-53)79-44(33)75-17-25(59)6-5-9-74-42-26(72-10-7-47-31(60)18-76-45-34(51-22(2)57)40(66)37(63)29(15-54)80-45)12-24(43(68)49-20-78-82(69,70)71-4)13-27(42)73-11-8-48-32(61)19-77-46-35(52-23(3)58)41(67)38(64)30(16-55)81-46/h12-13,28-30,33-41,44-46,53-55,62-67H,5-11,14-20H2,1-4H3,(H,47,60)(H,48,61)(H,49,68)(H,50,56)(H,51,57)(H,52,58)(H,69,70). The number of benzene rings is 1. The van der Waals surface area contributed by atoms with Crippen LogP contribution >= 0.6 is 7.82 Å². The SMILES string of the molecule is COP(=O)(O)OCNC(=O)c1cc(OCCNC(=O)COC2OC(CO)C(O)C(O)C2NC(C)=O)c(OCCCC(=O)COC2OC(CO)C(O)C(O)C2NC(C)=O)c(OCCNC(=O)COC2OC(CO)C(O)C(O)C2NC(C)=O)c1. The molecule has 1 aromatic rings. The number of nitrogens with one attached hydrogen (secondary N) is 6. The Morgan fingerprint density at radius 1 is 0.561 bits per heavy atom. The van der Waals surface area contributed by atoms with E-state index in [0.29, 0.717) is 0 Å². The molecule has 6 amide bonds. The van der Waals surface area contributed by atoms with Crippen LogP contribution in [-0.2, 0) is 70.8 Å². The summed E-state index contributed by atoms with van der Waals surface area (Å²) in [5.74, 6) is -5.75. The maximum atomic E-state index is 13.5. The lowest BCUT2D eigenvalue weighted by molar-refractivity contribution is -0.268. The van der Waals surface area contributed by atoms with Gasteiger partial charge in [-0.3, -0.25) is 42.6 Å². The number of carbonyl (C=O) groups is 7. The second kappa shape index (κ2) is 33.8. The third kappa shape index (κ3) is 21.0. The summed E-state index contributed by atoms with van der Waals surface area (Å²) < 4.78 is 71.9. The summed E-state index contributed by atoms with van der Waals surface area (Å²) >= 11 is 0. The van der Waals surface area contributed by atoms with E-state index in [9.17, 15) is 89.0 Å². The van der Waals surface area contributed by atoms with E-state index in [1.54, 1.807) is 0 Å². The number of rotatable bonds is 33. The zero-order chi connectivity index (χ0) is 60.8. The molecule has 0 bridgehead atoms. The van der Waals surface area contributed by atoms with Crippen molar-refractivity contribution in [2.75, 3.05) is 86.4 Å². The number of aliphatic hydroxyl groups is 9. The molecule has 0 aliphatic carbocycles. The van der Waals surface area contributed by atoms with Gasteiger partial charge in [0.25, 0.3) is 5.91 Å². The van der Waals surface area contributed by atoms with Crippen molar-refractivity contribution in [2.45, 2.75) is 126 Å². The van der Waals surface area contributed by atoms with Crippen LogP contribution in [0.4, 0.5) is 0 Å². The molecule has 3 aliphatic heterocycles. The molecule has 3 aliphatic rings. The maximum absolute atomic E-state index is 13.5. The second-order valence-corrected chi connectivity index (χ2v) is 19.9. The van der Waals surface area contributed by atoms with Crippen LogP contribution in [0.1, 0.15) is 44.0 Å². The van der Waals surface area contributed by atoms with Gasteiger partial charge in [-0.2, -0.15) is 0 Å². The summed E-state index contributed by atoms with van der Waals surface area (Å²) in [5.41, 5.74) is -0.263. The summed E-state index contributed by atoms with van der Waals surface area (Å²) in [6, 6.07) is -1.77. The Kier molecular flexibility index (Phi) is 28.5. The number of aliphatic hydroxyl groups excluding tert-OH is 9. The van der Waals surface area contributed by atoms with E-state index in [1.165, 1.54) is 0 Å². The van der Waals surface area contributed by atoms with Crippen molar-refractivity contribution in [3.05, 3.63) is 17.7 Å². The molecule has 16 N–H and O–H groups in total. The van der Waals surface area contributed by atoms with Crippen LogP contribution in [0.5, 0.6) is 17.2 Å². The lowest BCUT2D eigenvalue weighted by Crippen LogP contribution is -2.64. The van der Waals surface area contributed by atoms with Gasteiger partial charge in [0.2, 0.25) is 35.3 Å². The fourth-order valence-electron chi connectivity index (χ4n) is 8.05. The number of hydrogen-bond donors (Lipinski definition) is 16. The predicted molar refractivity (Wildman–Crippen MR) is 267 cm³/mol. The Morgan fingerprint density at radius 2 is 0.951 bits per heavy atom. The number of phosphoric acid groups is 1. The van der Waals surface area contributed by atoms with Crippen molar-refractivity contribution in [2.24, 2.45) is 0 Å². The summed E-state index contributed by atoms with van der Waals surface area (Å²) in [5, 5.41) is 106. The lowest BCUT2D eigenvalue weighted by atomic mass is 9.97. The largest absolute Gasteiger partial charge is 0.488 e. The maximum Gasteiger partial charge on any atom is 0.473 e. The molecule has 35 nitrogen and oxygen atoms in total. The van der Waals surface area contributed by atoms with Crippen LogP contribution in [0.3, 0.4) is 0 Å². The van der Waals surface area contributed by atoms with Crippen LogP contribution in [0.25, 0.3) is 0 Å². The molecule has 0 saturated carbocycles. The molecule has 16 unspecified atom stereocenters. The smallest absolute Gasteiger partial charge is 0.473 e. The molecule has 36 heteroatoms. The molecule has 0 spiro atoms. The average molecular weight is 1210 g/mol. The molecular weight excluding hydrogens is 1130 g/mol. The molecule has 3 fully saturated rings. The van der Waals surface area contributed by atoms with Gasteiger partial charge in [0.1, 0.15) is 113 Å². The van der Waals surface area contributed by atoms with Crippen LogP contribution in [0, 0.1) is 0 Å². The molecule has 82 heavy (non-hydrogen) atoms. The monoisotopic (exact) mass is 1200 g/mol. The van der Waals surface area contributed by atoms with Gasteiger partial charge in [0.05, 0.1) is 39.5 Å². The van der Waals surface area contributed by atoms with Crippen molar-refractivity contribution < 1.29 is 141 Å². The summed E-state index contributed by atoms with van der Waals surface area (Å²) in [6.07, 6.45) is -18.6. The first-order valence-corrected chi connectivity index (χ1v) is 26.8. The van der Waals surface area contributed by atoms with Crippen LogP contribution in [0.2, 0.25) is 0 Å². The van der Waals surface area contributed by atoms with Gasteiger partial charge in [0, 0.05) is 39.9 Å². The minimum absolute atomic E-state index is 0.0557. The predicted octanol–water partition coefficient (Wildman–Crippen LogP) is -8.26. The van der Waals surface area contributed by atoms with Crippen molar-refractivity contribution in [1.29, 1.82) is 0 Å². The molecule has 4 rings (SSSR count). The number of Topliss-reactive ketones (excluding diaryl/α,β-unsaturated/α-hetero) is 1. The molecule has 3 saturated heterocycles. The van der Waals surface area contributed by atoms with Gasteiger partial charge < -0.3 is 125 Å². The fraction of sp³-hybridized carbons (Fsp3) is 0.717. The number of ketones is 1. The first-order chi connectivity index (χ1) is 38.8. The Labute approximate surface area is 467 Å². The molecular formula is C46H73N6O29P. The van der Waals surface area contributed by atoms with Gasteiger partial charge in [-0.05, 0) is 18.6 Å². The Balaban J connectivity index is 1.52. The highest BCUT2D eigenvalue weighted by molar-refractivity contribution is 7.47. The van der Waals surface area contributed by atoms with Crippen LogP contribution in [-0.4, -0.2) is 270 Å². The van der Waals surface area contributed by atoms with E-state index in [2.05, 4.69) is 36.4 Å². The van der Waals surface area contributed by atoms with E-state index < -0.39 is 201 Å². The van der Waals surface area contributed by atoms with Crippen molar-refractivity contribution in [1.82, 2.24) is 31.9 Å². The van der Waals surface area contributed by atoms with Gasteiger partial charge in [-0.15, -0.1) is 0 Å². The number of ether oxygens (including phenoxy) is 9. The highest BCUT2D eigenvalue weighted by atomic mass is 31.2. The first kappa shape index (κ1) is 69.1.